The van der Waals surface area contributed by atoms with Crippen molar-refractivity contribution in [2.24, 2.45) is 0 Å². The SMILES string of the molecule is CC(C)(O)C(=O)NCc1cc2nc(-c3cccc(N)c3C=N)nc(N3CCOCC3)c2s1. The second-order valence-electron chi connectivity index (χ2n) is 8.09. The molecule has 1 fully saturated rings. The number of fused-ring (bicyclic) bond motifs is 1. The van der Waals surface area contributed by atoms with Gasteiger partial charge in [0.2, 0.25) is 0 Å². The number of amides is 1. The molecule has 0 bridgehead atoms. The number of hydrogen-bond acceptors (Lipinski definition) is 9. The van der Waals surface area contributed by atoms with Gasteiger partial charge in [-0.1, -0.05) is 12.1 Å². The van der Waals surface area contributed by atoms with Crippen LogP contribution in [0.1, 0.15) is 24.3 Å². The zero-order chi connectivity index (χ0) is 22.9. The number of thiophene rings is 1. The molecule has 9 nitrogen and oxygen atoms in total. The highest BCUT2D eigenvalue weighted by Crippen LogP contribution is 2.35. The summed E-state index contributed by atoms with van der Waals surface area (Å²) in [6, 6.07) is 7.36. The standard InChI is InChI=1S/C22H26N6O3S/c1-22(2,30)21(29)25-12-13-10-17-18(32-13)20(28-6-8-31-9-7-28)27-19(26-17)14-4-3-5-16(24)15(14)11-23/h3-5,10-11,23,30H,6-9,12,24H2,1-2H3,(H,25,29). The maximum absolute atomic E-state index is 12.1. The van der Waals surface area contributed by atoms with Gasteiger partial charge in [0.05, 0.1) is 30.0 Å². The number of aliphatic hydroxyl groups is 1. The number of ether oxygens (including phenoxy) is 1. The molecule has 168 valence electrons. The van der Waals surface area contributed by atoms with Crippen LogP contribution in [0.2, 0.25) is 0 Å². The van der Waals surface area contributed by atoms with Gasteiger partial charge in [-0.15, -0.1) is 11.3 Å². The normalized spacial score (nSPS) is 14.5. The summed E-state index contributed by atoms with van der Waals surface area (Å²) in [7, 11) is 0. The molecular weight excluding hydrogens is 428 g/mol. The Morgan fingerprint density at radius 3 is 2.81 bits per heavy atom. The fourth-order valence-corrected chi connectivity index (χ4v) is 4.54. The van der Waals surface area contributed by atoms with Crippen LogP contribution >= 0.6 is 11.3 Å². The fourth-order valence-electron chi connectivity index (χ4n) is 3.48. The smallest absolute Gasteiger partial charge is 0.251 e. The predicted octanol–water partition coefficient (Wildman–Crippen LogP) is 2.16. The number of nitrogens with zero attached hydrogens (tertiary/aromatic N) is 3. The first kappa shape index (κ1) is 22.1. The summed E-state index contributed by atoms with van der Waals surface area (Å²) in [6.45, 7) is 5.84. The van der Waals surface area contributed by atoms with Crippen LogP contribution < -0.4 is 16.0 Å². The van der Waals surface area contributed by atoms with E-state index in [0.717, 1.165) is 20.9 Å². The zero-order valence-corrected chi connectivity index (χ0v) is 18.8. The number of aromatic nitrogens is 2. The maximum atomic E-state index is 12.1. The van der Waals surface area contributed by atoms with Gasteiger partial charge in [-0.05, 0) is 26.0 Å². The Morgan fingerprint density at radius 1 is 1.38 bits per heavy atom. The third-order valence-corrected chi connectivity index (χ3v) is 6.34. The molecule has 1 aliphatic rings. The Hall–Kier alpha value is -3.08. The lowest BCUT2D eigenvalue weighted by Crippen LogP contribution is -2.41. The van der Waals surface area contributed by atoms with Crippen molar-refractivity contribution in [1.82, 2.24) is 15.3 Å². The summed E-state index contributed by atoms with van der Waals surface area (Å²) in [5.74, 6) is 0.858. The second kappa shape index (κ2) is 8.81. The molecule has 32 heavy (non-hydrogen) atoms. The summed E-state index contributed by atoms with van der Waals surface area (Å²) in [4.78, 5) is 24.8. The van der Waals surface area contributed by atoms with Gasteiger partial charge in [0.25, 0.3) is 5.91 Å². The number of anilines is 2. The monoisotopic (exact) mass is 454 g/mol. The van der Waals surface area contributed by atoms with Gasteiger partial charge in [-0.2, -0.15) is 0 Å². The van der Waals surface area contributed by atoms with Crippen LogP contribution in [0.15, 0.2) is 24.3 Å². The van der Waals surface area contributed by atoms with Crippen LogP contribution in [0.3, 0.4) is 0 Å². The Labute approximate surface area is 189 Å². The molecule has 10 heteroatoms. The average Bonchev–Trinajstić information content (AvgIpc) is 3.19. The van der Waals surface area contributed by atoms with Crippen LogP contribution in [0.5, 0.6) is 0 Å². The summed E-state index contributed by atoms with van der Waals surface area (Å²) in [5.41, 5.74) is 7.15. The molecular formula is C22H26N6O3S. The van der Waals surface area contributed by atoms with Crippen molar-refractivity contribution in [1.29, 1.82) is 5.41 Å². The third kappa shape index (κ3) is 4.43. The van der Waals surface area contributed by atoms with Crippen molar-refractivity contribution in [3.63, 3.8) is 0 Å². The van der Waals surface area contributed by atoms with Crippen LogP contribution in [-0.2, 0) is 16.1 Å². The Bertz CT molecular complexity index is 1160. The van der Waals surface area contributed by atoms with Crippen molar-refractivity contribution in [3.05, 3.63) is 34.7 Å². The number of morpholine rings is 1. The first-order chi connectivity index (χ1) is 15.3. The van der Waals surface area contributed by atoms with E-state index < -0.39 is 11.5 Å². The molecule has 3 heterocycles. The lowest BCUT2D eigenvalue weighted by Gasteiger charge is -2.28. The van der Waals surface area contributed by atoms with Gasteiger partial charge < -0.3 is 31.2 Å². The van der Waals surface area contributed by atoms with Crippen molar-refractivity contribution in [2.75, 3.05) is 36.9 Å². The number of nitrogens with two attached hydrogens (primary N) is 1. The van der Waals surface area contributed by atoms with Gasteiger partial charge in [0, 0.05) is 41.0 Å². The molecule has 0 atom stereocenters. The lowest BCUT2D eigenvalue weighted by molar-refractivity contribution is -0.136. The Balaban J connectivity index is 1.79. The Morgan fingerprint density at radius 2 is 2.12 bits per heavy atom. The van der Waals surface area contributed by atoms with E-state index in [9.17, 15) is 9.90 Å². The summed E-state index contributed by atoms with van der Waals surface area (Å²) >= 11 is 1.51. The molecule has 1 aromatic carbocycles. The molecule has 1 aliphatic heterocycles. The molecule has 0 saturated carbocycles. The molecule has 1 saturated heterocycles. The fraction of sp³-hybridized carbons (Fsp3) is 0.364. The first-order valence-corrected chi connectivity index (χ1v) is 11.1. The molecule has 1 amide bonds. The van der Waals surface area contributed by atoms with E-state index in [1.165, 1.54) is 31.4 Å². The zero-order valence-electron chi connectivity index (χ0n) is 18.0. The van der Waals surface area contributed by atoms with E-state index in [0.29, 0.717) is 48.9 Å². The van der Waals surface area contributed by atoms with Crippen molar-refractivity contribution in [2.45, 2.75) is 26.0 Å². The minimum atomic E-state index is -1.45. The number of nitrogen functional groups attached to an aromatic ring is 1. The maximum Gasteiger partial charge on any atom is 0.251 e. The molecule has 3 aromatic rings. The van der Waals surface area contributed by atoms with Gasteiger partial charge in [0.1, 0.15) is 5.60 Å². The van der Waals surface area contributed by atoms with Gasteiger partial charge in [0.15, 0.2) is 11.6 Å². The van der Waals surface area contributed by atoms with Gasteiger partial charge in [-0.3, -0.25) is 4.79 Å². The number of rotatable bonds is 6. The molecule has 0 unspecified atom stereocenters. The van der Waals surface area contributed by atoms with E-state index in [1.54, 1.807) is 6.07 Å². The number of carbonyl (C=O) groups excluding carboxylic acids is 1. The molecule has 0 spiro atoms. The van der Waals surface area contributed by atoms with Crippen LogP contribution in [0.25, 0.3) is 21.6 Å². The van der Waals surface area contributed by atoms with Crippen LogP contribution in [-0.4, -0.2) is 59.1 Å². The highest BCUT2D eigenvalue weighted by molar-refractivity contribution is 7.19. The number of benzene rings is 1. The van der Waals surface area contributed by atoms with Crippen molar-refractivity contribution in [3.8, 4) is 11.4 Å². The van der Waals surface area contributed by atoms with Crippen molar-refractivity contribution >= 4 is 45.2 Å². The molecule has 2 aromatic heterocycles. The summed E-state index contributed by atoms with van der Waals surface area (Å²) in [5, 5.41) is 20.4. The van der Waals surface area contributed by atoms with E-state index in [-0.39, 0.29) is 6.54 Å². The molecule has 0 radical (unpaired) electrons. The number of nitrogens with one attached hydrogen (secondary N) is 2. The summed E-state index contributed by atoms with van der Waals surface area (Å²) in [6.07, 6.45) is 1.22. The van der Waals surface area contributed by atoms with Crippen LogP contribution in [0, 0.1) is 5.41 Å². The second-order valence-corrected chi connectivity index (χ2v) is 9.23. The average molecular weight is 455 g/mol. The molecule has 0 aliphatic carbocycles. The lowest BCUT2D eigenvalue weighted by atomic mass is 10.1. The van der Waals surface area contributed by atoms with E-state index in [1.807, 2.05) is 18.2 Å². The molecule has 4 rings (SSSR count). The number of carbonyl (C=O) groups is 1. The quantitative estimate of drug-likeness (QED) is 0.331. The van der Waals surface area contributed by atoms with Crippen LogP contribution in [0.4, 0.5) is 11.5 Å². The Kier molecular flexibility index (Phi) is 6.09. The van der Waals surface area contributed by atoms with Crippen molar-refractivity contribution < 1.29 is 14.6 Å². The highest BCUT2D eigenvalue weighted by Gasteiger charge is 2.24. The van der Waals surface area contributed by atoms with E-state index in [2.05, 4.69) is 10.2 Å². The van der Waals surface area contributed by atoms with E-state index >= 15 is 0 Å². The van der Waals surface area contributed by atoms with Gasteiger partial charge >= 0.3 is 0 Å². The summed E-state index contributed by atoms with van der Waals surface area (Å²) < 4.78 is 6.42. The highest BCUT2D eigenvalue weighted by atomic mass is 32.1. The topological polar surface area (TPSA) is 137 Å². The number of hydrogen-bond donors (Lipinski definition) is 4. The predicted molar refractivity (Wildman–Crippen MR) is 126 cm³/mol. The van der Waals surface area contributed by atoms with E-state index in [4.69, 9.17) is 25.8 Å². The minimum absolute atomic E-state index is 0.283. The van der Waals surface area contributed by atoms with Gasteiger partial charge in [-0.25, -0.2) is 9.97 Å². The minimum Gasteiger partial charge on any atom is -0.398 e. The largest absolute Gasteiger partial charge is 0.398 e. The first-order valence-electron chi connectivity index (χ1n) is 10.3. The third-order valence-electron chi connectivity index (χ3n) is 5.22. The molecule has 5 N–H and O–H groups in total.